The van der Waals surface area contributed by atoms with Crippen molar-refractivity contribution in [2.45, 2.75) is 89.8 Å². The molecule has 0 radical (unpaired) electrons. The van der Waals surface area contributed by atoms with Gasteiger partial charge in [0.05, 0.1) is 36.6 Å². The number of rotatable bonds is 14. The van der Waals surface area contributed by atoms with Gasteiger partial charge in [0.2, 0.25) is 11.8 Å². The number of carboxylic acids is 1. The van der Waals surface area contributed by atoms with Crippen LogP contribution in [0.3, 0.4) is 0 Å². The topological polar surface area (TPSA) is 178 Å². The molecule has 4 rings (SSSR count). The minimum atomic E-state index is -1.27. The molecule has 0 aliphatic carbocycles. The van der Waals surface area contributed by atoms with Gasteiger partial charge in [-0.15, -0.1) is 0 Å². The van der Waals surface area contributed by atoms with Crippen LogP contribution in [0.5, 0.6) is 0 Å². The first-order valence-corrected chi connectivity index (χ1v) is 15.5. The molecule has 4 heterocycles. The van der Waals surface area contributed by atoms with Gasteiger partial charge in [-0.3, -0.25) is 14.4 Å². The maximum Gasteiger partial charge on any atom is 1.00 e. The number of likely N-dealkylation sites (tertiary alicyclic amines) is 2. The largest absolute Gasteiger partial charge is 1.00 e. The molecule has 252 valence electrons. The third-order valence-corrected chi connectivity index (χ3v) is 8.98. The van der Waals surface area contributed by atoms with Crippen LogP contribution in [0.1, 0.15) is 53.4 Å². The van der Waals surface area contributed by atoms with E-state index in [9.17, 15) is 34.5 Å². The van der Waals surface area contributed by atoms with E-state index in [0.29, 0.717) is 12.8 Å². The molecular formula is C31H49N6NaO8. The van der Waals surface area contributed by atoms with E-state index in [0.717, 1.165) is 24.2 Å². The van der Waals surface area contributed by atoms with Gasteiger partial charge in [-0.25, -0.2) is 10.9 Å². The van der Waals surface area contributed by atoms with Crippen LogP contribution in [0.15, 0.2) is 36.2 Å². The van der Waals surface area contributed by atoms with E-state index in [-0.39, 0.29) is 78.7 Å². The Morgan fingerprint density at radius 1 is 0.891 bits per heavy atom. The van der Waals surface area contributed by atoms with Crippen molar-refractivity contribution >= 4 is 23.8 Å². The van der Waals surface area contributed by atoms with Crippen LogP contribution in [-0.2, 0) is 23.9 Å². The molecule has 2 fully saturated rings. The molecule has 0 aromatic rings. The summed E-state index contributed by atoms with van der Waals surface area (Å²) in [6.07, 6.45) is 7.18. The zero-order valence-corrected chi connectivity index (χ0v) is 30.1. The van der Waals surface area contributed by atoms with Gasteiger partial charge in [0, 0.05) is 49.7 Å². The summed E-state index contributed by atoms with van der Waals surface area (Å²) < 4.78 is 4.95. The summed E-state index contributed by atoms with van der Waals surface area (Å²) in [6.45, 7) is 10.4. The maximum absolute atomic E-state index is 12.2. The zero-order chi connectivity index (χ0) is 33.6. The summed E-state index contributed by atoms with van der Waals surface area (Å²) in [5.74, 6) is -3.16. The summed E-state index contributed by atoms with van der Waals surface area (Å²) in [5, 5.41) is 34.2. The third-order valence-electron chi connectivity index (χ3n) is 8.98. The number of nitrogens with one attached hydrogen (secondary N) is 2. The zero-order valence-electron chi connectivity index (χ0n) is 28.1. The van der Waals surface area contributed by atoms with Crippen LogP contribution in [0.2, 0.25) is 0 Å². The van der Waals surface area contributed by atoms with Crippen molar-refractivity contribution < 1.29 is 68.8 Å². The predicted octanol–water partition coefficient (Wildman–Crippen LogP) is -4.12. The molecule has 4 aliphatic rings. The SMILES string of the molecule is C=CCOC(=O)CN1C(=O)[C@H]([C@@H](C)O)[C@H]1CCC1C=C(C)N(C)N1.CC1=CC(CC[C@@H]2[C@@H]([C@@H](C)O)C(=O)N2CC(=O)[O-])NN1C.[Na+]. The Balaban J connectivity index is 0.000000316. The average Bonchev–Trinajstić information content (AvgIpc) is 3.46. The van der Waals surface area contributed by atoms with Gasteiger partial charge < -0.3 is 44.7 Å². The molecule has 4 N–H and O–H groups in total. The Kier molecular flexibility index (Phi) is 15.2. The van der Waals surface area contributed by atoms with Crippen molar-refractivity contribution in [3.8, 4) is 0 Å². The van der Waals surface area contributed by atoms with Gasteiger partial charge in [-0.1, -0.05) is 12.7 Å². The van der Waals surface area contributed by atoms with Gasteiger partial charge in [-0.05, 0) is 65.5 Å². The molecule has 4 aliphatic heterocycles. The molecule has 15 heteroatoms. The average molecular weight is 657 g/mol. The fourth-order valence-electron chi connectivity index (χ4n) is 6.43. The van der Waals surface area contributed by atoms with Gasteiger partial charge in [0.25, 0.3) is 0 Å². The number of aliphatic hydroxyl groups is 2. The van der Waals surface area contributed by atoms with Crippen molar-refractivity contribution in [3.05, 3.63) is 36.2 Å². The third kappa shape index (κ3) is 9.78. The number of hydrogen-bond acceptors (Lipinski definition) is 12. The minimum absolute atomic E-state index is 0. The van der Waals surface area contributed by atoms with Gasteiger partial charge in [0.15, 0.2) is 0 Å². The summed E-state index contributed by atoms with van der Waals surface area (Å²) in [7, 11) is 3.89. The van der Waals surface area contributed by atoms with Crippen molar-refractivity contribution in [3.63, 3.8) is 0 Å². The molecule has 2 amide bonds. The summed E-state index contributed by atoms with van der Waals surface area (Å²) >= 11 is 0. The van der Waals surface area contributed by atoms with Gasteiger partial charge in [0.1, 0.15) is 13.2 Å². The second-order valence-corrected chi connectivity index (χ2v) is 12.3. The smallest absolute Gasteiger partial charge is 0.548 e. The van der Waals surface area contributed by atoms with E-state index >= 15 is 0 Å². The molecule has 46 heavy (non-hydrogen) atoms. The van der Waals surface area contributed by atoms with E-state index in [4.69, 9.17) is 4.74 Å². The number of β-lactam (4-membered cyclic amide) rings is 2. The van der Waals surface area contributed by atoms with Crippen molar-refractivity contribution in [1.29, 1.82) is 0 Å². The second-order valence-electron chi connectivity index (χ2n) is 12.3. The number of ether oxygens (including phenoxy) is 1. The van der Waals surface area contributed by atoms with Crippen molar-refractivity contribution in [1.82, 2.24) is 30.7 Å². The van der Waals surface area contributed by atoms with Crippen LogP contribution in [0.25, 0.3) is 0 Å². The standard InChI is InChI=1S/C17H27N3O4.C14H23N3O4.Na/c1-5-8-24-15(22)10-20-14(16(12(3)21)17(20)23)7-6-13-9-11(2)19(4)18-13;1-8-6-10(15-16(8)3)4-5-11-13(9(2)18)14(21)17(11)7-12(19)20;/h5,9,12-14,16,18,21H,1,6-8,10H2,2-4H3;6,9-11,13,15,18H,4-5,7H2,1-3H3,(H,19,20);/q;;+1/p-1/t12-,13?,14-,16-;9-,10?,11-,13-;/m11./s1. The number of aliphatic carboxylic acids is 1. The minimum Gasteiger partial charge on any atom is -0.548 e. The molecule has 2 saturated heterocycles. The Hall–Kier alpha value is -2.46. The van der Waals surface area contributed by atoms with Gasteiger partial charge in [-0.2, -0.15) is 0 Å². The summed E-state index contributed by atoms with van der Waals surface area (Å²) in [5.41, 5.74) is 8.86. The quantitative estimate of drug-likeness (QED) is 0.0616. The van der Waals surface area contributed by atoms with Crippen LogP contribution >= 0.6 is 0 Å². The fourth-order valence-corrected chi connectivity index (χ4v) is 6.43. The monoisotopic (exact) mass is 656 g/mol. The molecule has 14 nitrogen and oxygen atoms in total. The number of carbonyl (C=O) groups is 4. The number of aliphatic hydroxyl groups excluding tert-OH is 2. The van der Waals surface area contributed by atoms with Crippen molar-refractivity contribution in [2.24, 2.45) is 11.8 Å². The van der Waals surface area contributed by atoms with E-state index in [1.54, 1.807) is 13.8 Å². The summed E-state index contributed by atoms with van der Waals surface area (Å²) in [4.78, 5) is 49.4. The molecule has 0 spiro atoms. The normalized spacial score (nSPS) is 28.2. The number of carboxylic acid groups (broad SMARTS) is 1. The summed E-state index contributed by atoms with van der Waals surface area (Å²) in [6, 6.07) is -0.00734. The number of hydrogen-bond donors (Lipinski definition) is 4. The number of amides is 2. The Morgan fingerprint density at radius 2 is 1.30 bits per heavy atom. The molecule has 0 saturated carbocycles. The molecular weight excluding hydrogens is 607 g/mol. The van der Waals surface area contributed by atoms with E-state index < -0.39 is 42.5 Å². The first kappa shape index (κ1) is 39.7. The van der Waals surface area contributed by atoms with E-state index in [2.05, 4.69) is 29.6 Å². The van der Waals surface area contributed by atoms with Crippen LogP contribution < -0.4 is 45.5 Å². The fraction of sp³-hybridized carbons (Fsp3) is 0.677. The molecule has 0 bridgehead atoms. The Bertz CT molecular complexity index is 1180. The number of nitrogens with zero attached hydrogens (tertiary/aromatic N) is 4. The van der Waals surface area contributed by atoms with Gasteiger partial charge >= 0.3 is 35.5 Å². The number of carbonyl (C=O) groups excluding carboxylic acids is 4. The predicted molar refractivity (Wildman–Crippen MR) is 163 cm³/mol. The second kappa shape index (κ2) is 17.6. The molecule has 0 aromatic heterocycles. The van der Waals surface area contributed by atoms with Crippen molar-refractivity contribution in [2.75, 3.05) is 33.8 Å². The first-order chi connectivity index (χ1) is 21.2. The molecule has 2 unspecified atom stereocenters. The molecule has 0 aromatic carbocycles. The van der Waals surface area contributed by atoms with E-state index in [1.165, 1.54) is 15.9 Å². The Labute approximate surface area is 293 Å². The maximum atomic E-state index is 12.2. The molecule has 8 atom stereocenters. The number of allylic oxidation sites excluding steroid dienone is 2. The van der Waals surface area contributed by atoms with Crippen LogP contribution in [0, 0.1) is 11.8 Å². The van der Waals surface area contributed by atoms with Crippen LogP contribution in [0.4, 0.5) is 0 Å². The first-order valence-electron chi connectivity index (χ1n) is 15.5. The van der Waals surface area contributed by atoms with Crippen LogP contribution in [-0.4, -0.2) is 124 Å². The Morgan fingerprint density at radius 3 is 1.63 bits per heavy atom. The number of esters is 1. The van der Waals surface area contributed by atoms with E-state index in [1.807, 2.05) is 38.0 Å². The number of hydrazine groups is 2.